The molecule has 3 aliphatic carbocycles. The molecule has 0 spiro atoms. The van der Waals surface area contributed by atoms with E-state index >= 15 is 0 Å². The fourth-order valence-corrected chi connectivity index (χ4v) is 4.37. The Kier molecular flexibility index (Phi) is 3.51. The maximum absolute atomic E-state index is 13.3. The fraction of sp³-hybridized carbons (Fsp3) is 0.474. The molecule has 162 valence electrons. The third-order valence-corrected chi connectivity index (χ3v) is 6.36. The normalized spacial score (nSPS) is 31.2. The third kappa shape index (κ3) is 2.92. The Labute approximate surface area is 171 Å². The Hall–Kier alpha value is -3.02. The van der Waals surface area contributed by atoms with Crippen molar-refractivity contribution in [2.24, 2.45) is 0 Å². The highest BCUT2D eigenvalue weighted by atomic mass is 19.4. The number of hydrogen-bond acceptors (Lipinski definition) is 7. The van der Waals surface area contributed by atoms with Crippen LogP contribution < -0.4 is 5.32 Å². The molecule has 0 saturated heterocycles. The van der Waals surface area contributed by atoms with E-state index in [2.05, 4.69) is 25.2 Å². The molecule has 3 aromatic rings. The van der Waals surface area contributed by atoms with E-state index in [0.717, 1.165) is 0 Å². The number of benzene rings is 1. The molecule has 0 unspecified atom stereocenters. The molecule has 2 aromatic heterocycles. The highest BCUT2D eigenvalue weighted by Crippen LogP contribution is 2.78. The quantitative estimate of drug-likeness (QED) is 0.610. The van der Waals surface area contributed by atoms with Crippen LogP contribution in [0.3, 0.4) is 0 Å². The van der Waals surface area contributed by atoms with Crippen molar-refractivity contribution in [1.82, 2.24) is 20.5 Å². The topological polar surface area (TPSA) is 103 Å². The third-order valence-electron chi connectivity index (χ3n) is 6.36. The molecular formula is C19H14F4N4O4. The number of fused-ring (bicyclic) bond motifs is 2. The van der Waals surface area contributed by atoms with Gasteiger partial charge >= 0.3 is 12.3 Å². The molecule has 1 amide bonds. The number of carbonyl (C=O) groups excluding carboxylic acids is 1. The smallest absolute Gasteiger partial charge is 0.432 e. The van der Waals surface area contributed by atoms with Gasteiger partial charge in [-0.1, -0.05) is 0 Å². The number of amides is 1. The lowest BCUT2D eigenvalue weighted by atomic mass is 9.82. The predicted octanol–water partition coefficient (Wildman–Crippen LogP) is 3.35. The van der Waals surface area contributed by atoms with E-state index in [4.69, 9.17) is 8.83 Å². The van der Waals surface area contributed by atoms with E-state index in [-0.39, 0.29) is 36.1 Å². The lowest BCUT2D eigenvalue weighted by molar-refractivity contribution is -0.352. The summed E-state index contributed by atoms with van der Waals surface area (Å²) in [5.74, 6) is -0.800. The predicted molar refractivity (Wildman–Crippen MR) is 92.3 cm³/mol. The van der Waals surface area contributed by atoms with E-state index in [9.17, 15) is 22.4 Å². The molecule has 0 aliphatic heterocycles. The molecule has 0 atom stereocenters. The first-order chi connectivity index (χ1) is 14.7. The molecule has 3 aliphatic rings. The molecule has 31 heavy (non-hydrogen) atoms. The molecule has 3 fully saturated rings. The van der Waals surface area contributed by atoms with Gasteiger partial charge in [-0.2, -0.15) is 0 Å². The summed E-state index contributed by atoms with van der Waals surface area (Å²) in [5.41, 5.74) is -0.439. The minimum Gasteiger partial charge on any atom is -0.432 e. The number of hydrogen-bond donors (Lipinski definition) is 1. The van der Waals surface area contributed by atoms with Gasteiger partial charge < -0.3 is 14.2 Å². The van der Waals surface area contributed by atoms with E-state index in [1.165, 1.54) is 18.2 Å². The first kappa shape index (κ1) is 18.7. The van der Waals surface area contributed by atoms with Gasteiger partial charge in [0.1, 0.15) is 11.3 Å². The van der Waals surface area contributed by atoms with Crippen LogP contribution in [-0.4, -0.2) is 39.1 Å². The molecule has 1 N–H and O–H groups in total. The molecule has 2 heterocycles. The van der Waals surface area contributed by atoms with Crippen LogP contribution in [0.2, 0.25) is 0 Å². The zero-order valence-corrected chi connectivity index (χ0v) is 15.7. The number of nitrogens with zero attached hydrogens (tertiary/aromatic N) is 3. The first-order valence-corrected chi connectivity index (χ1v) is 9.63. The van der Waals surface area contributed by atoms with Gasteiger partial charge in [0.05, 0.1) is 17.1 Å². The minimum atomic E-state index is -4.66. The van der Waals surface area contributed by atoms with Crippen molar-refractivity contribution in [3.8, 4) is 0 Å². The highest BCUT2D eigenvalue weighted by molar-refractivity contribution is 5.94. The standard InChI is InChI=1S/C19H14F4N4O4/c20-9-1-2-12-11(5-9)24-15(29-12)13(28)25-18-6-17(18,7-18)16-27-26-14(30-16)8-3-10(4-8)31-19(21,22)23/h1-2,5,8,10H,3-4,6-7H2,(H,25,28). The van der Waals surface area contributed by atoms with Crippen LogP contribution in [-0.2, 0) is 10.2 Å². The van der Waals surface area contributed by atoms with Crippen LogP contribution in [0.15, 0.2) is 27.0 Å². The van der Waals surface area contributed by atoms with Crippen molar-refractivity contribution in [2.75, 3.05) is 0 Å². The van der Waals surface area contributed by atoms with Gasteiger partial charge in [0.15, 0.2) is 5.58 Å². The van der Waals surface area contributed by atoms with Crippen LogP contribution in [0, 0.1) is 5.82 Å². The lowest BCUT2D eigenvalue weighted by Crippen LogP contribution is -2.34. The largest absolute Gasteiger partial charge is 0.522 e. The number of halogens is 4. The Bertz CT molecular complexity index is 1210. The van der Waals surface area contributed by atoms with Crippen molar-refractivity contribution >= 4 is 17.0 Å². The number of carbonyl (C=O) groups is 1. The summed E-state index contributed by atoms with van der Waals surface area (Å²) in [6.07, 6.45) is -4.03. The van der Waals surface area contributed by atoms with Crippen molar-refractivity contribution in [3.63, 3.8) is 0 Å². The molecule has 6 rings (SSSR count). The van der Waals surface area contributed by atoms with Crippen molar-refractivity contribution < 1.29 is 35.9 Å². The van der Waals surface area contributed by atoms with Gasteiger partial charge in [-0.05, 0) is 37.8 Å². The summed E-state index contributed by atoms with van der Waals surface area (Å²) in [4.78, 5) is 16.6. The molecule has 12 heteroatoms. The van der Waals surface area contributed by atoms with Gasteiger partial charge in [-0.15, -0.1) is 23.4 Å². The van der Waals surface area contributed by atoms with Crippen LogP contribution in [0.25, 0.3) is 11.1 Å². The summed E-state index contributed by atoms with van der Waals surface area (Å²) >= 11 is 0. The average Bonchev–Trinajstić information content (AvgIpc) is 3.22. The second-order valence-corrected chi connectivity index (χ2v) is 8.40. The molecule has 1 aromatic carbocycles. The van der Waals surface area contributed by atoms with Gasteiger partial charge in [0, 0.05) is 12.0 Å². The van der Waals surface area contributed by atoms with E-state index in [1.54, 1.807) is 0 Å². The number of rotatable bonds is 5. The maximum atomic E-state index is 13.3. The van der Waals surface area contributed by atoms with Gasteiger partial charge in [-0.25, -0.2) is 9.37 Å². The number of nitrogens with one attached hydrogen (secondary N) is 1. The van der Waals surface area contributed by atoms with Crippen molar-refractivity contribution in [2.45, 2.75) is 55.0 Å². The van der Waals surface area contributed by atoms with Crippen LogP contribution in [0.5, 0.6) is 0 Å². The second kappa shape index (κ2) is 5.81. The van der Waals surface area contributed by atoms with Gasteiger partial charge in [0.2, 0.25) is 11.8 Å². The van der Waals surface area contributed by atoms with E-state index in [1.807, 2.05) is 0 Å². The number of ether oxygens (including phenoxy) is 1. The SMILES string of the molecule is O=C(NC12CC1(c1nnc(C3CC(OC(F)(F)F)C3)o1)C2)c1nc2cc(F)ccc2o1. The van der Waals surface area contributed by atoms with Crippen LogP contribution in [0.4, 0.5) is 17.6 Å². The maximum Gasteiger partial charge on any atom is 0.522 e. The zero-order chi connectivity index (χ0) is 21.6. The number of alkyl halides is 3. The summed E-state index contributed by atoms with van der Waals surface area (Å²) in [5, 5.41) is 10.9. The fourth-order valence-electron chi connectivity index (χ4n) is 4.37. The van der Waals surface area contributed by atoms with Gasteiger partial charge in [-0.3, -0.25) is 9.53 Å². The van der Waals surface area contributed by atoms with E-state index in [0.29, 0.717) is 24.3 Å². The lowest BCUT2D eigenvalue weighted by Gasteiger charge is -2.32. The molecule has 8 nitrogen and oxygen atoms in total. The average molecular weight is 438 g/mol. The zero-order valence-electron chi connectivity index (χ0n) is 15.7. The Morgan fingerprint density at radius 2 is 1.97 bits per heavy atom. The second-order valence-electron chi connectivity index (χ2n) is 8.40. The Morgan fingerprint density at radius 1 is 1.19 bits per heavy atom. The van der Waals surface area contributed by atoms with Crippen molar-refractivity contribution in [3.05, 3.63) is 41.7 Å². The summed E-state index contributed by atoms with van der Waals surface area (Å²) in [7, 11) is 0. The molecule has 0 bridgehead atoms. The minimum absolute atomic E-state index is 0.161. The van der Waals surface area contributed by atoms with Crippen molar-refractivity contribution in [1.29, 1.82) is 0 Å². The highest BCUT2D eigenvalue weighted by Gasteiger charge is 2.88. The van der Waals surface area contributed by atoms with Crippen LogP contribution in [0.1, 0.15) is 54.1 Å². The summed E-state index contributed by atoms with van der Waals surface area (Å²) in [6.45, 7) is 0. The Morgan fingerprint density at radius 3 is 2.71 bits per heavy atom. The number of aromatic nitrogens is 3. The summed E-state index contributed by atoms with van der Waals surface area (Å²) < 4.78 is 65.1. The van der Waals surface area contributed by atoms with E-state index < -0.39 is 35.1 Å². The summed E-state index contributed by atoms with van der Waals surface area (Å²) in [6, 6.07) is 3.79. The Balaban J connectivity index is 1.10. The van der Waals surface area contributed by atoms with Crippen LogP contribution >= 0.6 is 0 Å². The first-order valence-electron chi connectivity index (χ1n) is 9.63. The molecule has 3 saturated carbocycles. The molecule has 0 radical (unpaired) electrons. The van der Waals surface area contributed by atoms with Gasteiger partial charge in [0.25, 0.3) is 5.89 Å². The monoisotopic (exact) mass is 438 g/mol. The molecular weight excluding hydrogens is 424 g/mol. The number of oxazole rings is 1.